The second kappa shape index (κ2) is 6.68. The van der Waals surface area contributed by atoms with E-state index in [1.165, 1.54) is 12.0 Å². The molecule has 0 unspecified atom stereocenters. The first-order valence-corrected chi connectivity index (χ1v) is 8.41. The molecule has 0 saturated carbocycles. The third-order valence-electron chi connectivity index (χ3n) is 4.58. The standard InChI is InChI=1S/C18H21N5O2/c1-13-9-14(21-25-13)11-22-5-7-23(8-6-22)15-3-4-17-16(10-15)18(24-2)20-12-19-17/h3-4,9-10,12H,5-8,11H2,1-2H3. The van der Waals surface area contributed by atoms with E-state index in [-0.39, 0.29) is 0 Å². The summed E-state index contributed by atoms with van der Waals surface area (Å²) in [5.74, 6) is 1.48. The number of aryl methyl sites for hydroxylation is 1. The Balaban J connectivity index is 1.46. The van der Waals surface area contributed by atoms with Crippen LogP contribution in [0.25, 0.3) is 10.9 Å². The smallest absolute Gasteiger partial charge is 0.224 e. The summed E-state index contributed by atoms with van der Waals surface area (Å²) in [5.41, 5.74) is 3.08. The van der Waals surface area contributed by atoms with Gasteiger partial charge in [-0.25, -0.2) is 9.97 Å². The topological polar surface area (TPSA) is 67.5 Å². The van der Waals surface area contributed by atoms with Gasteiger partial charge in [-0.3, -0.25) is 4.90 Å². The molecule has 0 radical (unpaired) electrons. The molecule has 7 heteroatoms. The van der Waals surface area contributed by atoms with Crippen LogP contribution in [0.15, 0.2) is 35.1 Å². The number of hydrogen-bond donors (Lipinski definition) is 0. The summed E-state index contributed by atoms with van der Waals surface area (Å²) in [6.07, 6.45) is 1.53. The Hall–Kier alpha value is -2.67. The Bertz CT molecular complexity index is 871. The molecule has 0 atom stereocenters. The number of hydrogen-bond acceptors (Lipinski definition) is 7. The van der Waals surface area contributed by atoms with Gasteiger partial charge in [0.15, 0.2) is 0 Å². The molecule has 0 aliphatic carbocycles. The van der Waals surface area contributed by atoms with Crippen molar-refractivity contribution in [3.05, 3.63) is 42.0 Å². The predicted octanol–water partition coefficient (Wildman–Crippen LogP) is 2.26. The lowest BCUT2D eigenvalue weighted by molar-refractivity contribution is 0.242. The molecule has 1 fully saturated rings. The van der Waals surface area contributed by atoms with E-state index >= 15 is 0 Å². The first kappa shape index (κ1) is 15.8. The molecular weight excluding hydrogens is 318 g/mol. The van der Waals surface area contributed by atoms with Gasteiger partial charge in [0.1, 0.15) is 12.1 Å². The van der Waals surface area contributed by atoms with Crippen LogP contribution < -0.4 is 9.64 Å². The number of anilines is 1. The molecular formula is C18H21N5O2. The van der Waals surface area contributed by atoms with Crippen molar-refractivity contribution in [1.29, 1.82) is 0 Å². The molecule has 1 aliphatic rings. The molecule has 3 heterocycles. The van der Waals surface area contributed by atoms with Crippen molar-refractivity contribution in [1.82, 2.24) is 20.0 Å². The highest BCUT2D eigenvalue weighted by Crippen LogP contribution is 2.27. The monoisotopic (exact) mass is 339 g/mol. The third kappa shape index (κ3) is 3.28. The number of rotatable bonds is 4. The lowest BCUT2D eigenvalue weighted by atomic mass is 10.2. The average Bonchev–Trinajstić information content (AvgIpc) is 3.06. The van der Waals surface area contributed by atoms with Gasteiger partial charge in [0, 0.05) is 44.5 Å². The summed E-state index contributed by atoms with van der Waals surface area (Å²) in [7, 11) is 1.64. The van der Waals surface area contributed by atoms with E-state index in [4.69, 9.17) is 9.26 Å². The Morgan fingerprint density at radius 2 is 1.96 bits per heavy atom. The molecule has 25 heavy (non-hydrogen) atoms. The summed E-state index contributed by atoms with van der Waals surface area (Å²) in [5, 5.41) is 5.03. The molecule has 0 amide bonds. The van der Waals surface area contributed by atoms with Crippen LogP contribution in [0.1, 0.15) is 11.5 Å². The van der Waals surface area contributed by atoms with Crippen molar-refractivity contribution in [3.63, 3.8) is 0 Å². The summed E-state index contributed by atoms with van der Waals surface area (Å²) >= 11 is 0. The van der Waals surface area contributed by atoms with E-state index in [0.29, 0.717) is 5.88 Å². The van der Waals surface area contributed by atoms with Crippen molar-refractivity contribution >= 4 is 16.6 Å². The Kier molecular flexibility index (Phi) is 4.23. The van der Waals surface area contributed by atoms with E-state index in [1.54, 1.807) is 7.11 Å². The fraction of sp³-hybridized carbons (Fsp3) is 0.389. The number of nitrogens with zero attached hydrogens (tertiary/aromatic N) is 5. The molecule has 0 spiro atoms. The highest BCUT2D eigenvalue weighted by molar-refractivity contribution is 5.86. The molecule has 7 nitrogen and oxygen atoms in total. The third-order valence-corrected chi connectivity index (χ3v) is 4.58. The zero-order chi connectivity index (χ0) is 17.2. The highest BCUT2D eigenvalue weighted by Gasteiger charge is 2.19. The molecule has 4 rings (SSSR count). The zero-order valence-electron chi connectivity index (χ0n) is 14.5. The first-order valence-electron chi connectivity index (χ1n) is 8.41. The number of piperazine rings is 1. The Morgan fingerprint density at radius 3 is 2.68 bits per heavy atom. The van der Waals surface area contributed by atoms with Gasteiger partial charge in [-0.05, 0) is 25.1 Å². The summed E-state index contributed by atoms with van der Waals surface area (Å²) in [6.45, 7) is 6.69. The predicted molar refractivity (Wildman–Crippen MR) is 94.8 cm³/mol. The van der Waals surface area contributed by atoms with Gasteiger partial charge in [0.05, 0.1) is 23.7 Å². The number of benzene rings is 1. The van der Waals surface area contributed by atoms with Crippen LogP contribution in [0.2, 0.25) is 0 Å². The minimum absolute atomic E-state index is 0.617. The van der Waals surface area contributed by atoms with Gasteiger partial charge < -0.3 is 14.2 Å². The Morgan fingerprint density at radius 1 is 1.12 bits per heavy atom. The second-order valence-corrected chi connectivity index (χ2v) is 6.28. The van der Waals surface area contributed by atoms with Crippen LogP contribution in [-0.2, 0) is 6.54 Å². The quantitative estimate of drug-likeness (QED) is 0.722. The Labute approximate surface area is 146 Å². The van der Waals surface area contributed by atoms with Gasteiger partial charge in [0.25, 0.3) is 0 Å². The van der Waals surface area contributed by atoms with Crippen LogP contribution >= 0.6 is 0 Å². The van der Waals surface area contributed by atoms with E-state index in [1.807, 2.05) is 19.1 Å². The van der Waals surface area contributed by atoms with Crippen LogP contribution in [0.3, 0.4) is 0 Å². The SMILES string of the molecule is COc1ncnc2ccc(N3CCN(Cc4cc(C)on4)CC3)cc12. The number of aromatic nitrogens is 3. The number of fused-ring (bicyclic) bond motifs is 1. The molecule has 3 aromatic rings. The van der Waals surface area contributed by atoms with Crippen LogP contribution in [0.4, 0.5) is 5.69 Å². The summed E-state index contributed by atoms with van der Waals surface area (Å²) in [4.78, 5) is 13.3. The maximum absolute atomic E-state index is 5.36. The maximum Gasteiger partial charge on any atom is 0.224 e. The van der Waals surface area contributed by atoms with E-state index in [9.17, 15) is 0 Å². The largest absolute Gasteiger partial charge is 0.480 e. The molecule has 2 aromatic heterocycles. The van der Waals surface area contributed by atoms with Crippen LogP contribution in [-0.4, -0.2) is 53.3 Å². The number of ether oxygens (including phenoxy) is 1. The van der Waals surface area contributed by atoms with Crippen molar-refractivity contribution in [2.75, 3.05) is 38.2 Å². The maximum atomic E-state index is 5.36. The fourth-order valence-electron chi connectivity index (χ4n) is 3.27. The van der Waals surface area contributed by atoms with E-state index < -0.39 is 0 Å². The molecule has 1 aliphatic heterocycles. The van der Waals surface area contributed by atoms with Crippen molar-refractivity contribution in [2.24, 2.45) is 0 Å². The zero-order valence-corrected chi connectivity index (χ0v) is 14.5. The average molecular weight is 339 g/mol. The molecule has 1 saturated heterocycles. The van der Waals surface area contributed by atoms with Crippen LogP contribution in [0, 0.1) is 6.92 Å². The van der Waals surface area contributed by atoms with Crippen molar-refractivity contribution < 1.29 is 9.26 Å². The fourth-order valence-corrected chi connectivity index (χ4v) is 3.27. The summed E-state index contributed by atoms with van der Waals surface area (Å²) < 4.78 is 10.5. The molecule has 130 valence electrons. The van der Waals surface area contributed by atoms with E-state index in [2.05, 4.69) is 37.1 Å². The van der Waals surface area contributed by atoms with Gasteiger partial charge in [-0.2, -0.15) is 0 Å². The normalized spacial score (nSPS) is 15.7. The van der Waals surface area contributed by atoms with Crippen molar-refractivity contribution in [3.8, 4) is 5.88 Å². The van der Waals surface area contributed by atoms with Crippen LogP contribution in [0.5, 0.6) is 5.88 Å². The molecule has 0 bridgehead atoms. The molecule has 1 aromatic carbocycles. The lowest BCUT2D eigenvalue weighted by Crippen LogP contribution is -2.46. The minimum atomic E-state index is 0.617. The highest BCUT2D eigenvalue weighted by atomic mass is 16.5. The first-order chi connectivity index (χ1) is 12.2. The lowest BCUT2D eigenvalue weighted by Gasteiger charge is -2.35. The van der Waals surface area contributed by atoms with E-state index in [0.717, 1.165) is 55.1 Å². The van der Waals surface area contributed by atoms with Gasteiger partial charge in [-0.15, -0.1) is 0 Å². The number of methoxy groups -OCH3 is 1. The van der Waals surface area contributed by atoms with Gasteiger partial charge in [0.2, 0.25) is 5.88 Å². The molecule has 0 N–H and O–H groups in total. The van der Waals surface area contributed by atoms with Gasteiger partial charge >= 0.3 is 0 Å². The van der Waals surface area contributed by atoms with Gasteiger partial charge in [-0.1, -0.05) is 5.16 Å². The minimum Gasteiger partial charge on any atom is -0.480 e. The second-order valence-electron chi connectivity index (χ2n) is 6.28. The summed E-state index contributed by atoms with van der Waals surface area (Å²) in [6, 6.07) is 8.26. The van der Waals surface area contributed by atoms with Crippen molar-refractivity contribution in [2.45, 2.75) is 13.5 Å².